The third-order valence-corrected chi connectivity index (χ3v) is 1.10. The van der Waals surface area contributed by atoms with Crippen molar-refractivity contribution in [1.82, 2.24) is 0 Å². The number of allylic oxidation sites excluding steroid dienone is 2. The van der Waals surface area contributed by atoms with E-state index < -0.39 is 0 Å². The van der Waals surface area contributed by atoms with Crippen molar-refractivity contribution in [2.45, 2.75) is 55.4 Å². The topological polar surface area (TPSA) is 34.1 Å². The lowest BCUT2D eigenvalue weighted by Crippen LogP contribution is -1.97. The molecule has 0 aromatic heterocycles. The van der Waals surface area contributed by atoms with Crippen LogP contribution in [0.5, 0.6) is 0 Å². The van der Waals surface area contributed by atoms with Crippen LogP contribution in [-0.4, -0.2) is 11.6 Å². The Morgan fingerprint density at radius 2 is 1.00 bits per heavy atom. The van der Waals surface area contributed by atoms with Gasteiger partial charge in [0.25, 0.3) is 0 Å². The summed E-state index contributed by atoms with van der Waals surface area (Å²) in [6.45, 7) is 14.3. The van der Waals surface area contributed by atoms with Crippen LogP contribution < -0.4 is 0 Å². The maximum atomic E-state index is 10.0. The second kappa shape index (κ2) is 13.8. The summed E-state index contributed by atoms with van der Waals surface area (Å²) in [5, 5.41) is 0. The molecule has 0 rings (SSSR count). The normalized spacial score (nSPS) is 7.25. The third-order valence-electron chi connectivity index (χ3n) is 1.10. The fourth-order valence-corrected chi connectivity index (χ4v) is 0.866. The molecular weight excluding hydrogens is 200 g/mol. The van der Waals surface area contributed by atoms with Gasteiger partial charge in [0.15, 0.2) is 0 Å². The van der Waals surface area contributed by atoms with E-state index in [-0.39, 0.29) is 32.8 Å². The zero-order valence-corrected chi connectivity index (χ0v) is 9.64. The molecule has 0 spiro atoms. The minimum Gasteiger partial charge on any atom is -0.300 e. The van der Waals surface area contributed by atoms with E-state index in [4.69, 9.17) is 0 Å². The van der Waals surface area contributed by atoms with Gasteiger partial charge in [0, 0.05) is 0 Å². The summed E-state index contributed by atoms with van der Waals surface area (Å²) in [6.07, 6.45) is 1.06. The molecule has 0 unspecified atom stereocenters. The van der Waals surface area contributed by atoms with E-state index >= 15 is 0 Å². The van der Waals surface area contributed by atoms with Crippen LogP contribution in [0.1, 0.15) is 55.4 Å². The molecule has 0 aliphatic rings. The summed E-state index contributed by atoms with van der Waals surface area (Å²) < 4.78 is 0. The molecule has 0 amide bonds. The Kier molecular flexibility index (Phi) is 20.9. The van der Waals surface area contributed by atoms with Crippen LogP contribution >= 0.6 is 0 Å². The molecule has 0 atom stereocenters. The lowest BCUT2D eigenvalue weighted by atomic mass is 10.1. The minimum atomic E-state index is -0.0625. The Balaban J connectivity index is -0.0000000800. The molecule has 0 bridgehead atoms. The first kappa shape index (κ1) is 24.2. The number of hydrogen-bond donors (Lipinski definition) is 0. The third kappa shape index (κ3) is 38.5. The highest BCUT2D eigenvalue weighted by molar-refractivity contribution is 5.96. The Morgan fingerprint density at radius 3 is 1.00 bits per heavy atom. The van der Waals surface area contributed by atoms with Crippen molar-refractivity contribution in [3.05, 3.63) is 24.3 Å². The quantitative estimate of drug-likeness (QED) is 0.529. The largest absolute Gasteiger partial charge is 0.300 e. The lowest BCUT2D eigenvalue weighted by Gasteiger charge is -1.93. The second-order valence-corrected chi connectivity index (χ2v) is 3.67. The lowest BCUT2D eigenvalue weighted by molar-refractivity contribution is -0.124. The van der Waals surface area contributed by atoms with Crippen LogP contribution in [0.3, 0.4) is 0 Å². The Labute approximate surface area is 101 Å². The fourth-order valence-electron chi connectivity index (χ4n) is 0.866. The average molecular weight is 228 g/mol. The number of carbonyl (C=O) groups is 2. The van der Waals surface area contributed by atoms with Crippen LogP contribution in [-0.2, 0) is 9.59 Å². The van der Waals surface area contributed by atoms with Gasteiger partial charge < -0.3 is 0 Å². The van der Waals surface area contributed by atoms with Gasteiger partial charge in [0.05, 0.1) is 6.42 Å². The second-order valence-electron chi connectivity index (χ2n) is 3.67. The first-order valence-corrected chi connectivity index (χ1v) is 4.53. The van der Waals surface area contributed by atoms with Crippen molar-refractivity contribution in [1.29, 1.82) is 0 Å². The van der Waals surface area contributed by atoms with E-state index in [9.17, 15) is 9.59 Å². The molecule has 0 N–H and O–H groups in total. The molecule has 0 saturated carbocycles. The van der Waals surface area contributed by atoms with Gasteiger partial charge in [-0.25, -0.2) is 0 Å². The SMILES string of the molecule is C.C.C=C(C)CC(=C)C.CC(=O)CC(C)=O. The molecule has 0 radical (unpaired) electrons. The highest BCUT2D eigenvalue weighted by atomic mass is 16.1. The molecule has 0 saturated heterocycles. The zero-order chi connectivity index (χ0) is 11.7. The number of rotatable bonds is 4. The monoisotopic (exact) mass is 228 g/mol. The maximum Gasteiger partial charge on any atom is 0.137 e. The van der Waals surface area contributed by atoms with Gasteiger partial charge in [-0.3, -0.25) is 9.59 Å². The van der Waals surface area contributed by atoms with Crippen LogP contribution in [0.25, 0.3) is 0 Å². The van der Waals surface area contributed by atoms with Crippen molar-refractivity contribution in [2.24, 2.45) is 0 Å². The van der Waals surface area contributed by atoms with E-state index in [0.29, 0.717) is 0 Å². The smallest absolute Gasteiger partial charge is 0.137 e. The Morgan fingerprint density at radius 1 is 0.750 bits per heavy atom. The van der Waals surface area contributed by atoms with Gasteiger partial charge in [0.2, 0.25) is 0 Å². The van der Waals surface area contributed by atoms with Crippen LogP contribution in [0.15, 0.2) is 24.3 Å². The molecular formula is C14H28O2. The minimum absolute atomic E-state index is 0. The maximum absolute atomic E-state index is 10.0. The highest BCUT2D eigenvalue weighted by Gasteiger charge is 1.94. The van der Waals surface area contributed by atoms with E-state index in [1.807, 2.05) is 13.8 Å². The summed E-state index contributed by atoms with van der Waals surface area (Å²) in [4.78, 5) is 20.1. The van der Waals surface area contributed by atoms with Gasteiger partial charge >= 0.3 is 0 Å². The molecule has 0 fully saturated rings. The average Bonchev–Trinajstić information content (AvgIpc) is 1.79. The van der Waals surface area contributed by atoms with Crippen molar-refractivity contribution in [3.63, 3.8) is 0 Å². The van der Waals surface area contributed by atoms with Crippen molar-refractivity contribution < 1.29 is 9.59 Å². The summed E-state index contributed by atoms with van der Waals surface area (Å²) in [5.41, 5.74) is 2.38. The van der Waals surface area contributed by atoms with Gasteiger partial charge in [-0.1, -0.05) is 39.2 Å². The van der Waals surface area contributed by atoms with Crippen LogP contribution in [0, 0.1) is 0 Å². The molecule has 2 nitrogen and oxygen atoms in total. The molecule has 0 aromatic carbocycles. The van der Waals surface area contributed by atoms with Crippen LogP contribution in [0.2, 0.25) is 0 Å². The van der Waals surface area contributed by atoms with Gasteiger partial charge in [-0.05, 0) is 34.1 Å². The molecule has 0 aromatic rings. The molecule has 16 heavy (non-hydrogen) atoms. The van der Waals surface area contributed by atoms with Crippen molar-refractivity contribution in [2.75, 3.05) is 0 Å². The summed E-state index contributed by atoms with van der Waals surface area (Å²) in [6, 6.07) is 0. The van der Waals surface area contributed by atoms with Crippen molar-refractivity contribution >= 4 is 11.6 Å². The first-order valence-electron chi connectivity index (χ1n) is 4.53. The van der Waals surface area contributed by atoms with E-state index in [0.717, 1.165) is 6.42 Å². The van der Waals surface area contributed by atoms with Gasteiger partial charge in [-0.2, -0.15) is 0 Å². The van der Waals surface area contributed by atoms with E-state index in [1.54, 1.807) is 0 Å². The number of Topliss-reactive ketones (excluding diaryl/α,β-unsaturated/α-hetero) is 2. The van der Waals surface area contributed by atoms with Gasteiger partial charge in [-0.15, -0.1) is 0 Å². The Bertz CT molecular complexity index is 187. The number of carbonyl (C=O) groups excluding carboxylic acids is 2. The highest BCUT2D eigenvalue weighted by Crippen LogP contribution is 2.02. The summed E-state index contributed by atoms with van der Waals surface area (Å²) >= 11 is 0. The van der Waals surface area contributed by atoms with Gasteiger partial charge in [0.1, 0.15) is 11.6 Å². The molecule has 0 heterocycles. The molecule has 2 heteroatoms. The first-order chi connectivity index (χ1) is 6.25. The van der Waals surface area contributed by atoms with Crippen molar-refractivity contribution in [3.8, 4) is 0 Å². The molecule has 0 aliphatic heterocycles. The number of ketones is 2. The summed E-state index contributed by atoms with van der Waals surface area (Å²) in [5.74, 6) is -0.125. The van der Waals surface area contributed by atoms with E-state index in [1.165, 1.54) is 25.0 Å². The predicted octanol–water partition coefficient (Wildman–Crippen LogP) is 4.36. The molecule has 0 aliphatic carbocycles. The summed E-state index contributed by atoms with van der Waals surface area (Å²) in [7, 11) is 0. The zero-order valence-electron chi connectivity index (χ0n) is 9.64. The van der Waals surface area contributed by atoms with Crippen LogP contribution in [0.4, 0.5) is 0 Å². The predicted molar refractivity (Wildman–Crippen MR) is 73.7 cm³/mol. The fraction of sp³-hybridized carbons (Fsp3) is 0.571. The standard InChI is InChI=1S/C7H12.C5H8O2.2CH4/c1-6(2)5-7(3)4;1-4(6)3-5(2)7;;/h1,3,5H2,2,4H3;3H2,1-2H3;2*1H4. The van der Waals surface area contributed by atoms with E-state index in [2.05, 4.69) is 13.2 Å². The Hall–Kier alpha value is -1.18. The molecule has 96 valence electrons. The number of hydrogen-bond acceptors (Lipinski definition) is 2.